The lowest BCUT2D eigenvalue weighted by Crippen LogP contribution is -2.47. The van der Waals surface area contributed by atoms with Crippen LogP contribution in [0.4, 0.5) is 10.5 Å². The number of amides is 1. The fourth-order valence-corrected chi connectivity index (χ4v) is 3.82. The lowest BCUT2D eigenvalue weighted by atomic mass is 9.80. The third kappa shape index (κ3) is 3.15. The summed E-state index contributed by atoms with van der Waals surface area (Å²) in [6.07, 6.45) is -0.444. The minimum atomic E-state index is -0.582. The number of ether oxygens (including phenoxy) is 2. The van der Waals surface area contributed by atoms with Crippen molar-refractivity contribution in [2.45, 2.75) is 77.9 Å². The summed E-state index contributed by atoms with van der Waals surface area (Å²) in [4.78, 5) is 12.1. The van der Waals surface area contributed by atoms with Crippen molar-refractivity contribution < 1.29 is 14.3 Å². The highest BCUT2D eigenvalue weighted by molar-refractivity contribution is 6.09. The molecule has 0 radical (unpaired) electrons. The summed E-state index contributed by atoms with van der Waals surface area (Å²) in [6, 6.07) is 2.14. The van der Waals surface area contributed by atoms with Crippen molar-refractivity contribution in [1.29, 1.82) is 5.41 Å². The van der Waals surface area contributed by atoms with Gasteiger partial charge in [0.1, 0.15) is 22.8 Å². The maximum Gasteiger partial charge on any atom is 0.407 e. The molecule has 0 unspecified atom stereocenters. The van der Waals surface area contributed by atoms with Crippen LogP contribution >= 0.6 is 0 Å². The van der Waals surface area contributed by atoms with Gasteiger partial charge in [-0.3, -0.25) is 5.41 Å². The van der Waals surface area contributed by atoms with E-state index in [1.54, 1.807) is 0 Å². The number of rotatable bonds is 2. The molecule has 1 aromatic carbocycles. The highest BCUT2D eigenvalue weighted by Crippen LogP contribution is 2.54. The molecule has 148 valence electrons. The van der Waals surface area contributed by atoms with Crippen LogP contribution in [0.3, 0.4) is 0 Å². The second-order valence-electron chi connectivity index (χ2n) is 9.48. The van der Waals surface area contributed by atoms with E-state index in [9.17, 15) is 4.79 Å². The molecule has 1 amide bonds. The molecule has 1 aromatic rings. The van der Waals surface area contributed by atoms with E-state index < -0.39 is 22.7 Å². The Kier molecular flexibility index (Phi) is 4.25. The van der Waals surface area contributed by atoms with Gasteiger partial charge in [-0.15, -0.1) is 0 Å². The molecule has 0 bridgehead atoms. The second-order valence-corrected chi connectivity index (χ2v) is 9.48. The Morgan fingerprint density at radius 1 is 1.37 bits per heavy atom. The predicted molar refractivity (Wildman–Crippen MR) is 107 cm³/mol. The van der Waals surface area contributed by atoms with Gasteiger partial charge < -0.3 is 20.1 Å². The van der Waals surface area contributed by atoms with Crippen LogP contribution < -0.4 is 15.4 Å². The van der Waals surface area contributed by atoms with Crippen LogP contribution in [0.15, 0.2) is 6.07 Å². The van der Waals surface area contributed by atoms with Gasteiger partial charge in [-0.2, -0.15) is 0 Å². The van der Waals surface area contributed by atoms with Crippen LogP contribution in [0.25, 0.3) is 0 Å². The molecule has 2 aliphatic heterocycles. The number of alkyl carbamates (subject to hydrolysis) is 1. The lowest BCUT2D eigenvalue weighted by molar-refractivity contribution is 0.0418. The maximum atomic E-state index is 12.1. The molecule has 3 N–H and O–H groups in total. The number of carbonyl (C=O) groups is 1. The summed E-state index contributed by atoms with van der Waals surface area (Å²) >= 11 is 0. The molecule has 2 heterocycles. The number of aryl methyl sites for hydroxylation is 1. The molecule has 6 heteroatoms. The lowest BCUT2D eigenvalue weighted by Gasteiger charge is -2.30. The number of benzene rings is 1. The zero-order valence-electron chi connectivity index (χ0n) is 17.6. The minimum Gasteiger partial charge on any atom is -0.484 e. The molecule has 2 aliphatic rings. The predicted octanol–water partition coefficient (Wildman–Crippen LogP) is 4.45. The van der Waals surface area contributed by atoms with Crippen LogP contribution in [0.5, 0.6) is 5.75 Å². The zero-order chi connectivity index (χ0) is 20.4. The number of hydrogen-bond acceptors (Lipinski definition) is 4. The van der Waals surface area contributed by atoms with Gasteiger partial charge in [0.25, 0.3) is 0 Å². The average molecular weight is 373 g/mol. The average Bonchev–Trinajstić information content (AvgIpc) is 2.90. The van der Waals surface area contributed by atoms with Crippen LogP contribution in [-0.4, -0.2) is 29.7 Å². The summed E-state index contributed by atoms with van der Waals surface area (Å²) in [5.41, 5.74) is 2.69. The first-order chi connectivity index (χ1) is 12.3. The third-order valence-corrected chi connectivity index (χ3v) is 5.71. The van der Waals surface area contributed by atoms with Crippen molar-refractivity contribution in [2.24, 2.45) is 0 Å². The summed E-state index contributed by atoms with van der Waals surface area (Å²) in [5, 5.41) is 14.4. The SMILES string of the molecule is Cc1cc2c(c3c1NC(=N)C3(C)C)O[C@@](C)(CNC(=O)OC(C)(C)C)[C@H]2C. The van der Waals surface area contributed by atoms with Gasteiger partial charge in [-0.1, -0.05) is 6.92 Å². The minimum absolute atomic E-state index is 0.0945. The molecule has 0 spiro atoms. The largest absolute Gasteiger partial charge is 0.484 e. The Morgan fingerprint density at radius 2 is 2.00 bits per heavy atom. The van der Waals surface area contributed by atoms with Crippen molar-refractivity contribution in [3.05, 3.63) is 22.8 Å². The number of carbonyl (C=O) groups excluding carboxylic acids is 1. The van der Waals surface area contributed by atoms with Crippen LogP contribution in [0, 0.1) is 12.3 Å². The Labute approximate surface area is 161 Å². The molecule has 0 saturated carbocycles. The quantitative estimate of drug-likeness (QED) is 0.715. The van der Waals surface area contributed by atoms with Crippen molar-refractivity contribution in [1.82, 2.24) is 5.32 Å². The fourth-order valence-electron chi connectivity index (χ4n) is 3.82. The second kappa shape index (κ2) is 5.88. The Balaban J connectivity index is 1.90. The molecule has 3 rings (SSSR count). The summed E-state index contributed by atoms with van der Waals surface area (Å²) in [6.45, 7) is 16.1. The van der Waals surface area contributed by atoms with E-state index in [2.05, 4.69) is 30.5 Å². The van der Waals surface area contributed by atoms with Gasteiger partial charge in [0.05, 0.1) is 17.6 Å². The van der Waals surface area contributed by atoms with E-state index in [-0.39, 0.29) is 5.92 Å². The molecule has 27 heavy (non-hydrogen) atoms. The summed E-state index contributed by atoms with van der Waals surface area (Å²) in [7, 11) is 0. The van der Waals surface area contributed by atoms with E-state index in [4.69, 9.17) is 14.9 Å². The Bertz CT molecular complexity index is 823. The van der Waals surface area contributed by atoms with Crippen LogP contribution in [0.1, 0.15) is 71.1 Å². The van der Waals surface area contributed by atoms with Gasteiger partial charge in [0.15, 0.2) is 0 Å². The first-order valence-electron chi connectivity index (χ1n) is 9.46. The number of nitrogens with one attached hydrogen (secondary N) is 3. The third-order valence-electron chi connectivity index (χ3n) is 5.71. The number of fused-ring (bicyclic) bond motifs is 3. The van der Waals surface area contributed by atoms with Gasteiger partial charge in [0.2, 0.25) is 0 Å². The first kappa shape index (κ1) is 19.5. The molecule has 6 nitrogen and oxygen atoms in total. The molecule has 2 atom stereocenters. The number of hydrogen-bond donors (Lipinski definition) is 3. The molecular weight excluding hydrogens is 342 g/mol. The van der Waals surface area contributed by atoms with E-state index in [0.29, 0.717) is 12.4 Å². The summed E-state index contributed by atoms with van der Waals surface area (Å²) < 4.78 is 11.8. The van der Waals surface area contributed by atoms with Crippen LogP contribution in [-0.2, 0) is 10.2 Å². The van der Waals surface area contributed by atoms with Crippen molar-refractivity contribution in [2.75, 3.05) is 11.9 Å². The highest BCUT2D eigenvalue weighted by atomic mass is 16.6. The van der Waals surface area contributed by atoms with E-state index in [0.717, 1.165) is 28.1 Å². The van der Waals surface area contributed by atoms with Gasteiger partial charge >= 0.3 is 6.09 Å². The van der Waals surface area contributed by atoms with Crippen molar-refractivity contribution in [3.8, 4) is 5.75 Å². The summed E-state index contributed by atoms with van der Waals surface area (Å²) in [5.74, 6) is 1.42. The first-order valence-corrected chi connectivity index (χ1v) is 9.46. The molecule has 0 saturated heterocycles. The van der Waals surface area contributed by atoms with E-state index >= 15 is 0 Å². The van der Waals surface area contributed by atoms with Gasteiger partial charge in [-0.25, -0.2) is 4.79 Å². The maximum absolute atomic E-state index is 12.1. The standard InChI is InChI=1S/C21H31N3O3/c1-11-9-13-12(2)21(8,10-23-18(25)27-19(3,4)5)26-16(13)14-15(11)24-17(22)20(14,6)7/h9,12H,10H2,1-8H3,(H2,22,24)(H,23,25)/t12-,21-/m0/s1. The molecule has 0 aromatic heterocycles. The topological polar surface area (TPSA) is 83.4 Å². The number of anilines is 1. The van der Waals surface area contributed by atoms with E-state index in [1.807, 2.05) is 41.5 Å². The Morgan fingerprint density at radius 3 is 2.59 bits per heavy atom. The normalized spacial score (nSPS) is 25.3. The number of amidine groups is 1. The fraction of sp³-hybridized carbons (Fsp3) is 0.619. The Hall–Kier alpha value is -2.24. The van der Waals surface area contributed by atoms with E-state index in [1.165, 1.54) is 0 Å². The molecule has 0 aliphatic carbocycles. The van der Waals surface area contributed by atoms with Gasteiger partial charge in [-0.05, 0) is 60.1 Å². The smallest absolute Gasteiger partial charge is 0.407 e. The van der Waals surface area contributed by atoms with Crippen LogP contribution in [0.2, 0.25) is 0 Å². The van der Waals surface area contributed by atoms with Crippen molar-refractivity contribution >= 4 is 17.6 Å². The highest BCUT2D eigenvalue weighted by Gasteiger charge is 2.49. The zero-order valence-corrected chi connectivity index (χ0v) is 17.6. The molecule has 0 fully saturated rings. The van der Waals surface area contributed by atoms with Gasteiger partial charge in [0, 0.05) is 17.0 Å². The van der Waals surface area contributed by atoms with Crippen molar-refractivity contribution in [3.63, 3.8) is 0 Å². The molecular formula is C21H31N3O3. The monoisotopic (exact) mass is 373 g/mol.